The van der Waals surface area contributed by atoms with E-state index in [1.165, 1.54) is 0 Å². The van der Waals surface area contributed by atoms with E-state index >= 15 is 0 Å². The Labute approximate surface area is 126 Å². The van der Waals surface area contributed by atoms with Crippen LogP contribution in [0, 0.1) is 0 Å². The minimum Gasteiger partial charge on any atom is -0.478 e. The van der Waals surface area contributed by atoms with Gasteiger partial charge in [0.15, 0.2) is 0 Å². The fourth-order valence-corrected chi connectivity index (χ4v) is 2.23. The van der Waals surface area contributed by atoms with E-state index in [0.717, 1.165) is 22.3 Å². The number of rotatable bonds is 3. The molecule has 3 N–H and O–H groups in total. The molecule has 0 saturated heterocycles. The zero-order valence-corrected chi connectivity index (χ0v) is 11.9. The lowest BCUT2D eigenvalue weighted by atomic mass is 10.0. The second kappa shape index (κ2) is 5.33. The van der Waals surface area contributed by atoms with E-state index in [2.05, 4.69) is 10.1 Å². The van der Waals surface area contributed by atoms with Gasteiger partial charge >= 0.3 is 5.97 Å². The Kier molecular flexibility index (Phi) is 3.34. The number of benzene rings is 1. The molecular formula is C16H14N4O2. The molecule has 0 radical (unpaired) electrons. The van der Waals surface area contributed by atoms with Crippen molar-refractivity contribution in [2.75, 3.05) is 5.73 Å². The predicted octanol–water partition coefficient (Wildman–Crippen LogP) is 2.43. The van der Waals surface area contributed by atoms with Crippen LogP contribution in [0.25, 0.3) is 22.3 Å². The normalized spacial score (nSPS) is 10.6. The van der Waals surface area contributed by atoms with Crippen molar-refractivity contribution in [3.05, 3.63) is 54.5 Å². The quantitative estimate of drug-likeness (QED) is 0.773. The summed E-state index contributed by atoms with van der Waals surface area (Å²) < 4.78 is 1.70. The summed E-state index contributed by atoms with van der Waals surface area (Å²) >= 11 is 0. The van der Waals surface area contributed by atoms with Gasteiger partial charge in [-0.25, -0.2) is 9.78 Å². The van der Waals surface area contributed by atoms with Gasteiger partial charge in [0, 0.05) is 36.1 Å². The van der Waals surface area contributed by atoms with Crippen LogP contribution in [0.4, 0.5) is 5.82 Å². The summed E-state index contributed by atoms with van der Waals surface area (Å²) in [5, 5.41) is 13.1. The summed E-state index contributed by atoms with van der Waals surface area (Å²) in [5.41, 5.74) is 9.62. The van der Waals surface area contributed by atoms with Crippen LogP contribution < -0.4 is 5.73 Å². The van der Waals surface area contributed by atoms with Crippen LogP contribution in [0.3, 0.4) is 0 Å². The summed E-state index contributed by atoms with van der Waals surface area (Å²) in [6.07, 6.45) is 5.26. The van der Waals surface area contributed by atoms with Gasteiger partial charge in [0.1, 0.15) is 5.82 Å². The number of nitrogen functional groups attached to an aromatic ring is 1. The van der Waals surface area contributed by atoms with Gasteiger partial charge in [-0.05, 0) is 23.8 Å². The van der Waals surface area contributed by atoms with Crippen molar-refractivity contribution in [1.82, 2.24) is 14.8 Å². The number of carboxylic acids is 1. The highest BCUT2D eigenvalue weighted by Gasteiger charge is 2.09. The molecule has 0 amide bonds. The van der Waals surface area contributed by atoms with Crippen molar-refractivity contribution in [1.29, 1.82) is 0 Å². The average Bonchev–Trinajstić information content (AvgIpc) is 2.94. The van der Waals surface area contributed by atoms with Crippen LogP contribution >= 0.6 is 0 Å². The minimum absolute atomic E-state index is 0.250. The van der Waals surface area contributed by atoms with Crippen LogP contribution in [0.1, 0.15) is 10.4 Å². The first kappa shape index (κ1) is 13.8. The number of carboxylic acid groups (broad SMARTS) is 1. The Morgan fingerprint density at radius 2 is 1.86 bits per heavy atom. The molecule has 6 heteroatoms. The molecule has 3 rings (SSSR count). The Bertz CT molecular complexity index is 838. The fourth-order valence-electron chi connectivity index (χ4n) is 2.23. The van der Waals surface area contributed by atoms with Gasteiger partial charge in [0.05, 0.1) is 11.8 Å². The maximum Gasteiger partial charge on any atom is 0.335 e. The highest BCUT2D eigenvalue weighted by Crippen LogP contribution is 2.29. The average molecular weight is 294 g/mol. The third-order valence-corrected chi connectivity index (χ3v) is 3.40. The van der Waals surface area contributed by atoms with Gasteiger partial charge < -0.3 is 10.8 Å². The standard InChI is InChI=1S/C16H14N4O2/c1-20-9-13(8-19-20)14-6-12(7-18-15(14)17)10-2-4-11(5-3-10)16(21)22/h2-9H,1H3,(H2,17,18)(H,21,22). The van der Waals surface area contributed by atoms with E-state index in [1.807, 2.05) is 19.3 Å². The molecule has 0 aliphatic rings. The molecule has 1 aromatic carbocycles. The lowest BCUT2D eigenvalue weighted by Gasteiger charge is -2.07. The summed E-state index contributed by atoms with van der Waals surface area (Å²) in [6.45, 7) is 0. The van der Waals surface area contributed by atoms with E-state index < -0.39 is 5.97 Å². The van der Waals surface area contributed by atoms with Crippen molar-refractivity contribution < 1.29 is 9.90 Å². The molecular weight excluding hydrogens is 280 g/mol. The van der Waals surface area contributed by atoms with Gasteiger partial charge in [-0.15, -0.1) is 0 Å². The first-order chi connectivity index (χ1) is 10.5. The smallest absolute Gasteiger partial charge is 0.335 e. The minimum atomic E-state index is -0.946. The maximum absolute atomic E-state index is 10.9. The summed E-state index contributed by atoms with van der Waals surface area (Å²) in [4.78, 5) is 15.1. The van der Waals surface area contributed by atoms with Gasteiger partial charge in [0.25, 0.3) is 0 Å². The molecule has 0 fully saturated rings. The van der Waals surface area contributed by atoms with E-state index in [4.69, 9.17) is 10.8 Å². The lowest BCUT2D eigenvalue weighted by molar-refractivity contribution is 0.0697. The monoisotopic (exact) mass is 294 g/mol. The second-order valence-electron chi connectivity index (χ2n) is 4.94. The van der Waals surface area contributed by atoms with Gasteiger partial charge in [-0.3, -0.25) is 4.68 Å². The Balaban J connectivity index is 2.03. The number of pyridine rings is 1. The maximum atomic E-state index is 10.9. The summed E-state index contributed by atoms with van der Waals surface area (Å²) in [7, 11) is 1.83. The molecule has 3 aromatic rings. The number of aryl methyl sites for hydroxylation is 1. The third-order valence-electron chi connectivity index (χ3n) is 3.40. The molecule has 0 saturated carbocycles. The third kappa shape index (κ3) is 2.54. The van der Waals surface area contributed by atoms with Crippen molar-refractivity contribution in [2.45, 2.75) is 0 Å². The Morgan fingerprint density at radius 3 is 2.45 bits per heavy atom. The number of nitrogens with zero attached hydrogens (tertiary/aromatic N) is 3. The Morgan fingerprint density at radius 1 is 1.14 bits per heavy atom. The van der Waals surface area contributed by atoms with Crippen molar-refractivity contribution in [3.63, 3.8) is 0 Å². The molecule has 6 nitrogen and oxygen atoms in total. The first-order valence-electron chi connectivity index (χ1n) is 6.63. The van der Waals surface area contributed by atoms with Crippen LogP contribution in [0.15, 0.2) is 48.9 Å². The van der Waals surface area contributed by atoms with Gasteiger partial charge in [0.2, 0.25) is 0 Å². The van der Waals surface area contributed by atoms with E-state index in [0.29, 0.717) is 5.82 Å². The van der Waals surface area contributed by atoms with Crippen molar-refractivity contribution >= 4 is 11.8 Å². The van der Waals surface area contributed by atoms with Crippen LogP contribution in [-0.2, 0) is 7.05 Å². The fraction of sp³-hybridized carbons (Fsp3) is 0.0625. The SMILES string of the molecule is Cn1cc(-c2cc(-c3ccc(C(=O)O)cc3)cnc2N)cn1. The molecule has 110 valence electrons. The van der Waals surface area contributed by atoms with Crippen LogP contribution in [-0.4, -0.2) is 25.8 Å². The van der Waals surface area contributed by atoms with Crippen LogP contribution in [0.5, 0.6) is 0 Å². The summed E-state index contributed by atoms with van der Waals surface area (Å²) in [5.74, 6) is -0.517. The topological polar surface area (TPSA) is 94.0 Å². The lowest BCUT2D eigenvalue weighted by Crippen LogP contribution is -1.96. The number of anilines is 1. The number of aromatic nitrogens is 3. The highest BCUT2D eigenvalue weighted by molar-refractivity contribution is 5.88. The van der Waals surface area contributed by atoms with Crippen LogP contribution in [0.2, 0.25) is 0 Å². The predicted molar refractivity (Wildman–Crippen MR) is 83.2 cm³/mol. The zero-order chi connectivity index (χ0) is 15.7. The first-order valence-corrected chi connectivity index (χ1v) is 6.63. The molecule has 22 heavy (non-hydrogen) atoms. The van der Waals surface area contributed by atoms with E-state index in [-0.39, 0.29) is 5.56 Å². The molecule has 0 spiro atoms. The number of hydrogen-bond donors (Lipinski definition) is 2. The summed E-state index contributed by atoms with van der Waals surface area (Å²) in [6, 6.07) is 8.57. The zero-order valence-electron chi connectivity index (χ0n) is 11.9. The number of nitrogens with two attached hydrogens (primary N) is 1. The number of carbonyl (C=O) groups is 1. The van der Waals surface area contributed by atoms with Crippen molar-refractivity contribution in [2.24, 2.45) is 7.05 Å². The van der Waals surface area contributed by atoms with E-state index in [9.17, 15) is 4.79 Å². The molecule has 0 unspecified atom stereocenters. The van der Waals surface area contributed by atoms with Gasteiger partial charge in [-0.1, -0.05) is 12.1 Å². The van der Waals surface area contributed by atoms with E-state index in [1.54, 1.807) is 41.3 Å². The van der Waals surface area contributed by atoms with Crippen molar-refractivity contribution in [3.8, 4) is 22.3 Å². The Hall–Kier alpha value is -3.15. The molecule has 0 aliphatic heterocycles. The molecule has 0 aliphatic carbocycles. The highest BCUT2D eigenvalue weighted by atomic mass is 16.4. The molecule has 2 heterocycles. The molecule has 0 bridgehead atoms. The molecule has 0 atom stereocenters. The second-order valence-corrected chi connectivity index (χ2v) is 4.94. The number of aromatic carboxylic acids is 1. The van der Waals surface area contributed by atoms with Gasteiger partial charge in [-0.2, -0.15) is 5.10 Å². The molecule has 2 aromatic heterocycles. The largest absolute Gasteiger partial charge is 0.478 e. The number of hydrogen-bond acceptors (Lipinski definition) is 4.